The van der Waals surface area contributed by atoms with Gasteiger partial charge in [-0.3, -0.25) is 4.57 Å². The lowest BCUT2D eigenvalue weighted by molar-refractivity contribution is 0.603. The van der Waals surface area contributed by atoms with E-state index in [0.717, 1.165) is 95.6 Å². The molecule has 0 spiro atoms. The molecule has 0 saturated carbocycles. The Kier molecular flexibility index (Phi) is 8.26. The molecule has 0 saturated heterocycles. The van der Waals surface area contributed by atoms with Crippen molar-refractivity contribution in [1.29, 1.82) is 0 Å². The van der Waals surface area contributed by atoms with Crippen LogP contribution in [0.2, 0.25) is 0 Å². The lowest BCUT2D eigenvalue weighted by atomic mass is 9.90. The van der Waals surface area contributed by atoms with Gasteiger partial charge in [0.15, 0.2) is 11.6 Å². The van der Waals surface area contributed by atoms with Gasteiger partial charge in [0.1, 0.15) is 22.5 Å². The van der Waals surface area contributed by atoms with Gasteiger partial charge in [0, 0.05) is 49.2 Å². The summed E-state index contributed by atoms with van der Waals surface area (Å²) in [5.41, 5.74) is 10.7. The van der Waals surface area contributed by atoms with E-state index in [1.165, 1.54) is 10.9 Å². The second-order valence-electron chi connectivity index (χ2n) is 14.0. The van der Waals surface area contributed by atoms with Crippen LogP contribution in [0.1, 0.15) is 48.4 Å². The van der Waals surface area contributed by atoms with Crippen molar-refractivity contribution in [2.45, 2.75) is 26.7 Å². The van der Waals surface area contributed by atoms with Crippen LogP contribution in [0.5, 0.6) is 0 Å². The molecule has 11 rings (SSSR count). The summed E-state index contributed by atoms with van der Waals surface area (Å²) in [6.07, 6.45) is 7.72. The van der Waals surface area contributed by atoms with Gasteiger partial charge in [0.25, 0.3) is 0 Å². The molecule has 1 aliphatic rings. The normalized spacial score (nSPS) is 12.5. The predicted molar refractivity (Wildman–Crippen MR) is 235 cm³/mol. The van der Waals surface area contributed by atoms with Crippen molar-refractivity contribution in [3.63, 3.8) is 0 Å². The van der Waals surface area contributed by atoms with Crippen molar-refractivity contribution in [1.82, 2.24) is 19.5 Å². The molecule has 0 radical (unpaired) electrons. The van der Waals surface area contributed by atoms with E-state index < -0.39 is 0 Å². The van der Waals surface area contributed by atoms with E-state index in [-0.39, 0.29) is 0 Å². The van der Waals surface area contributed by atoms with Gasteiger partial charge in [-0.2, -0.15) is 9.97 Å². The number of rotatable bonds is 6. The maximum Gasteiger partial charge on any atom is 0.238 e. The van der Waals surface area contributed by atoms with E-state index in [2.05, 4.69) is 90.5 Å². The number of hydrogen-bond donors (Lipinski definition) is 0. The quantitative estimate of drug-likeness (QED) is 0.170. The molecule has 6 aromatic carbocycles. The van der Waals surface area contributed by atoms with Gasteiger partial charge >= 0.3 is 0 Å². The second-order valence-corrected chi connectivity index (χ2v) is 14.0. The first-order valence-corrected chi connectivity index (χ1v) is 19.5. The Balaban J connectivity index is 0.00000195. The fraction of sp³-hybridized carbons (Fsp3) is 0.0784. The second kappa shape index (κ2) is 13.8. The van der Waals surface area contributed by atoms with E-state index in [0.29, 0.717) is 23.4 Å². The molecule has 0 fully saturated rings. The summed E-state index contributed by atoms with van der Waals surface area (Å²) < 4.78 is 14.8. The molecule has 57 heavy (non-hydrogen) atoms. The molecule has 0 atom stereocenters. The number of furan rings is 2. The number of para-hydroxylation sites is 1. The highest BCUT2D eigenvalue weighted by molar-refractivity contribution is 6.11. The minimum Gasteiger partial charge on any atom is -0.456 e. The third kappa shape index (κ3) is 5.44. The lowest BCUT2D eigenvalue weighted by Gasteiger charge is -2.19. The van der Waals surface area contributed by atoms with E-state index in [4.69, 9.17) is 23.8 Å². The number of allylic oxidation sites excluding steroid dienone is 1. The van der Waals surface area contributed by atoms with E-state index in [1.54, 1.807) is 6.08 Å². The van der Waals surface area contributed by atoms with Crippen molar-refractivity contribution >= 4 is 72.3 Å². The SMILES string of the molecule is C=Cc1oc2ccc(C3=CCCc4c3n(-c3nc(-c5ccccc5)nc(-c5ccc6c(c5)oc5ccccc56)n3)c3c4ccc4ccccc43)cc2c1C=C.CC. The Bertz CT molecular complexity index is 3250. The molecule has 6 nitrogen and oxygen atoms in total. The van der Waals surface area contributed by atoms with Crippen LogP contribution in [0, 0.1) is 0 Å². The fourth-order valence-electron chi connectivity index (χ4n) is 8.40. The molecule has 4 heterocycles. The van der Waals surface area contributed by atoms with Gasteiger partial charge in [0.05, 0.1) is 11.2 Å². The molecule has 4 aromatic heterocycles. The molecule has 6 heteroatoms. The first-order valence-electron chi connectivity index (χ1n) is 19.5. The fourth-order valence-corrected chi connectivity index (χ4v) is 8.40. The number of hydrogen-bond acceptors (Lipinski definition) is 5. The monoisotopic (exact) mass is 738 g/mol. The zero-order valence-corrected chi connectivity index (χ0v) is 31.8. The zero-order valence-electron chi connectivity index (χ0n) is 31.8. The Morgan fingerprint density at radius 2 is 1.28 bits per heavy atom. The van der Waals surface area contributed by atoms with Crippen LogP contribution in [0.3, 0.4) is 0 Å². The third-order valence-corrected chi connectivity index (χ3v) is 10.9. The maximum atomic E-state index is 6.33. The predicted octanol–water partition coefficient (Wildman–Crippen LogP) is 13.6. The van der Waals surface area contributed by atoms with E-state index in [9.17, 15) is 0 Å². The van der Waals surface area contributed by atoms with Crippen LogP contribution in [0.4, 0.5) is 0 Å². The summed E-state index contributed by atoms with van der Waals surface area (Å²) in [6, 6.07) is 43.9. The molecule has 0 aliphatic heterocycles. The third-order valence-electron chi connectivity index (χ3n) is 10.9. The first kappa shape index (κ1) is 34.2. The molecule has 0 unspecified atom stereocenters. The lowest BCUT2D eigenvalue weighted by Crippen LogP contribution is -2.11. The van der Waals surface area contributed by atoms with Gasteiger partial charge in [-0.1, -0.05) is 136 Å². The highest BCUT2D eigenvalue weighted by atomic mass is 16.3. The Morgan fingerprint density at radius 1 is 0.579 bits per heavy atom. The minimum absolute atomic E-state index is 0.550. The van der Waals surface area contributed by atoms with Gasteiger partial charge in [-0.05, 0) is 65.8 Å². The van der Waals surface area contributed by atoms with Crippen molar-refractivity contribution in [2.24, 2.45) is 0 Å². The van der Waals surface area contributed by atoms with Crippen LogP contribution in [-0.4, -0.2) is 19.5 Å². The summed E-state index contributed by atoms with van der Waals surface area (Å²) in [5.74, 6) is 2.42. The number of nitrogens with zero attached hydrogens (tertiary/aromatic N) is 4. The molecular formula is C51H38N4O2. The highest BCUT2D eigenvalue weighted by Gasteiger charge is 2.28. The van der Waals surface area contributed by atoms with Gasteiger partial charge in [0.2, 0.25) is 5.95 Å². The summed E-state index contributed by atoms with van der Waals surface area (Å²) in [6.45, 7) is 12.1. The molecule has 0 bridgehead atoms. The largest absolute Gasteiger partial charge is 0.456 e. The van der Waals surface area contributed by atoms with E-state index >= 15 is 0 Å². The van der Waals surface area contributed by atoms with Crippen molar-refractivity contribution in [2.75, 3.05) is 0 Å². The standard InChI is InChI=1S/C49H32N4O2.C2H6/c1-3-33-40-27-31(23-26-43(40)54-41(33)4-2)35-18-12-19-38-39-25-21-29-13-8-9-16-34(29)45(39)53(46(35)38)49-51-47(30-14-6-5-7-15-30)50-48(52-49)32-22-24-37-36-17-10-11-20-42(36)55-44(37)28-32;1-2/h3-11,13-18,20-28H,1-2,12,19H2;1-2H3. The summed E-state index contributed by atoms with van der Waals surface area (Å²) in [5, 5.41) is 6.61. The van der Waals surface area contributed by atoms with Gasteiger partial charge in [-0.25, -0.2) is 4.98 Å². The van der Waals surface area contributed by atoms with Crippen LogP contribution in [0.15, 0.2) is 155 Å². The topological polar surface area (TPSA) is 69.9 Å². The first-order chi connectivity index (χ1) is 28.2. The molecule has 10 aromatic rings. The minimum atomic E-state index is 0.550. The number of aromatic nitrogens is 4. The van der Waals surface area contributed by atoms with Crippen molar-refractivity contribution < 1.29 is 8.83 Å². The van der Waals surface area contributed by atoms with Crippen LogP contribution < -0.4 is 0 Å². The summed E-state index contributed by atoms with van der Waals surface area (Å²) >= 11 is 0. The number of aryl methyl sites for hydroxylation is 1. The smallest absolute Gasteiger partial charge is 0.238 e. The Morgan fingerprint density at radius 3 is 2.11 bits per heavy atom. The molecule has 0 N–H and O–H groups in total. The molecule has 274 valence electrons. The number of benzene rings is 6. The van der Waals surface area contributed by atoms with E-state index in [1.807, 2.05) is 80.6 Å². The number of fused-ring (bicyclic) bond motifs is 9. The highest BCUT2D eigenvalue weighted by Crippen LogP contribution is 2.44. The maximum absolute atomic E-state index is 6.33. The molecule has 1 aliphatic carbocycles. The molecular weight excluding hydrogens is 701 g/mol. The Hall–Kier alpha value is -7.31. The van der Waals surface area contributed by atoms with Crippen LogP contribution in [-0.2, 0) is 6.42 Å². The van der Waals surface area contributed by atoms with Crippen LogP contribution >= 0.6 is 0 Å². The summed E-state index contributed by atoms with van der Waals surface area (Å²) in [4.78, 5) is 15.8. The van der Waals surface area contributed by atoms with Gasteiger partial charge < -0.3 is 8.83 Å². The molecule has 0 amide bonds. The summed E-state index contributed by atoms with van der Waals surface area (Å²) in [7, 11) is 0. The Labute approximate surface area is 329 Å². The van der Waals surface area contributed by atoms with Crippen LogP contribution in [0.25, 0.3) is 101 Å². The van der Waals surface area contributed by atoms with Crippen molar-refractivity contribution in [3.05, 3.63) is 175 Å². The average molecular weight is 739 g/mol. The zero-order chi connectivity index (χ0) is 38.6. The average Bonchev–Trinajstić information content (AvgIpc) is 3.96. The van der Waals surface area contributed by atoms with Crippen molar-refractivity contribution in [3.8, 4) is 28.7 Å². The van der Waals surface area contributed by atoms with Gasteiger partial charge in [-0.15, -0.1) is 0 Å².